The molecule has 0 aliphatic rings. The SMILES string of the molecule is CCOc1ccc(CCNS(=O)(=O)CC)cc1OCC. The highest BCUT2D eigenvalue weighted by Gasteiger charge is 2.08. The first kappa shape index (κ1) is 16.8. The average Bonchev–Trinajstić information content (AvgIpc) is 2.42. The number of sulfonamides is 1. The molecule has 0 amide bonds. The summed E-state index contributed by atoms with van der Waals surface area (Å²) in [6.07, 6.45) is 0.617. The molecule has 6 heteroatoms. The monoisotopic (exact) mass is 301 g/mol. The lowest BCUT2D eigenvalue weighted by Gasteiger charge is -2.12. The molecule has 0 spiro atoms. The van der Waals surface area contributed by atoms with Gasteiger partial charge in [0.15, 0.2) is 11.5 Å². The molecule has 1 aromatic rings. The summed E-state index contributed by atoms with van der Waals surface area (Å²) < 4.78 is 36.3. The molecule has 0 fully saturated rings. The topological polar surface area (TPSA) is 64.6 Å². The molecule has 0 saturated carbocycles. The van der Waals surface area contributed by atoms with Crippen molar-refractivity contribution in [1.82, 2.24) is 4.72 Å². The first-order chi connectivity index (χ1) is 9.52. The van der Waals surface area contributed by atoms with Crippen molar-refractivity contribution < 1.29 is 17.9 Å². The molecule has 0 aliphatic heterocycles. The van der Waals surface area contributed by atoms with Crippen LogP contribution in [0.2, 0.25) is 0 Å². The van der Waals surface area contributed by atoms with Crippen LogP contribution in [0.5, 0.6) is 11.5 Å². The van der Waals surface area contributed by atoms with Gasteiger partial charge in [0.05, 0.1) is 19.0 Å². The molecule has 1 aromatic carbocycles. The maximum atomic E-state index is 11.3. The Balaban J connectivity index is 2.69. The summed E-state index contributed by atoms with van der Waals surface area (Å²) in [6, 6.07) is 5.68. The standard InChI is InChI=1S/C14H23NO4S/c1-4-18-13-8-7-12(11-14(13)19-5-2)9-10-15-20(16,17)6-3/h7-8,11,15H,4-6,9-10H2,1-3H3. The van der Waals surface area contributed by atoms with Crippen molar-refractivity contribution in [3.63, 3.8) is 0 Å². The Morgan fingerprint density at radius 3 is 2.30 bits per heavy atom. The summed E-state index contributed by atoms with van der Waals surface area (Å²) in [5.74, 6) is 1.51. The Bertz CT molecular complexity index is 514. The normalized spacial score (nSPS) is 11.3. The minimum Gasteiger partial charge on any atom is -0.490 e. The largest absolute Gasteiger partial charge is 0.490 e. The van der Waals surface area contributed by atoms with Crippen molar-refractivity contribution in [3.05, 3.63) is 23.8 Å². The molecule has 20 heavy (non-hydrogen) atoms. The second kappa shape index (κ2) is 8.11. The lowest BCUT2D eigenvalue weighted by atomic mass is 10.1. The van der Waals surface area contributed by atoms with Crippen LogP contribution in [0.15, 0.2) is 18.2 Å². The molecular weight excluding hydrogens is 278 g/mol. The number of benzene rings is 1. The van der Waals surface area contributed by atoms with Gasteiger partial charge < -0.3 is 9.47 Å². The molecule has 5 nitrogen and oxygen atoms in total. The third-order valence-corrected chi connectivity index (χ3v) is 4.13. The molecule has 0 atom stereocenters. The Hall–Kier alpha value is -1.27. The van der Waals surface area contributed by atoms with Crippen LogP contribution in [-0.2, 0) is 16.4 Å². The zero-order valence-corrected chi connectivity index (χ0v) is 13.1. The summed E-state index contributed by atoms with van der Waals surface area (Å²) in [4.78, 5) is 0. The Morgan fingerprint density at radius 1 is 1.05 bits per heavy atom. The quantitative estimate of drug-likeness (QED) is 0.757. The van der Waals surface area contributed by atoms with E-state index in [4.69, 9.17) is 9.47 Å². The van der Waals surface area contributed by atoms with Crippen molar-refractivity contribution in [2.45, 2.75) is 27.2 Å². The zero-order valence-electron chi connectivity index (χ0n) is 12.3. The fraction of sp³-hybridized carbons (Fsp3) is 0.571. The first-order valence-electron chi connectivity index (χ1n) is 6.88. The van der Waals surface area contributed by atoms with Crippen molar-refractivity contribution in [2.75, 3.05) is 25.5 Å². The van der Waals surface area contributed by atoms with Gasteiger partial charge in [0, 0.05) is 6.54 Å². The molecule has 0 heterocycles. The van der Waals surface area contributed by atoms with Gasteiger partial charge in [-0.1, -0.05) is 6.07 Å². The van der Waals surface area contributed by atoms with Gasteiger partial charge in [-0.05, 0) is 44.9 Å². The highest BCUT2D eigenvalue weighted by atomic mass is 32.2. The highest BCUT2D eigenvalue weighted by molar-refractivity contribution is 7.89. The van der Waals surface area contributed by atoms with Gasteiger partial charge in [0.2, 0.25) is 10.0 Å². The third-order valence-electron chi connectivity index (χ3n) is 2.72. The van der Waals surface area contributed by atoms with Gasteiger partial charge in [0.1, 0.15) is 0 Å². The van der Waals surface area contributed by atoms with E-state index < -0.39 is 10.0 Å². The van der Waals surface area contributed by atoms with Crippen molar-refractivity contribution in [2.24, 2.45) is 0 Å². The molecule has 0 radical (unpaired) electrons. The molecule has 114 valence electrons. The van der Waals surface area contributed by atoms with E-state index in [-0.39, 0.29) is 5.75 Å². The third kappa shape index (κ3) is 5.38. The Labute approximate surface area is 121 Å². The van der Waals surface area contributed by atoms with Gasteiger partial charge in [-0.3, -0.25) is 0 Å². The predicted octanol–water partition coefficient (Wildman–Crippen LogP) is 1.97. The molecule has 1 rings (SSSR count). The number of hydrogen-bond donors (Lipinski definition) is 1. The van der Waals surface area contributed by atoms with Crippen LogP contribution in [-0.4, -0.2) is 33.9 Å². The fourth-order valence-corrected chi connectivity index (χ4v) is 2.32. The second-order valence-electron chi connectivity index (χ2n) is 4.19. The van der Waals surface area contributed by atoms with E-state index in [9.17, 15) is 8.42 Å². The maximum absolute atomic E-state index is 11.3. The summed E-state index contributed by atoms with van der Waals surface area (Å²) in [7, 11) is -3.13. The molecule has 0 saturated heterocycles. The summed E-state index contributed by atoms with van der Waals surface area (Å²) in [6.45, 7) is 6.98. The number of nitrogens with one attached hydrogen (secondary N) is 1. The smallest absolute Gasteiger partial charge is 0.211 e. The van der Waals surface area contributed by atoms with Gasteiger partial charge in [0.25, 0.3) is 0 Å². The molecule has 0 aromatic heterocycles. The van der Waals surface area contributed by atoms with Crippen LogP contribution in [0, 0.1) is 0 Å². The lowest BCUT2D eigenvalue weighted by Crippen LogP contribution is -2.27. The van der Waals surface area contributed by atoms with E-state index in [1.165, 1.54) is 0 Å². The maximum Gasteiger partial charge on any atom is 0.211 e. The number of rotatable bonds is 9. The van der Waals surface area contributed by atoms with E-state index in [0.29, 0.717) is 37.7 Å². The Kier molecular flexibility index (Phi) is 6.81. The zero-order chi connectivity index (χ0) is 15.0. The molecular formula is C14H23NO4S. The van der Waals surface area contributed by atoms with Crippen LogP contribution in [0.25, 0.3) is 0 Å². The fourth-order valence-electron chi connectivity index (χ4n) is 1.70. The van der Waals surface area contributed by atoms with Crippen LogP contribution in [0.1, 0.15) is 26.3 Å². The first-order valence-corrected chi connectivity index (χ1v) is 8.53. The van der Waals surface area contributed by atoms with Crippen LogP contribution >= 0.6 is 0 Å². The second-order valence-corrected chi connectivity index (χ2v) is 6.29. The molecule has 1 N–H and O–H groups in total. The minimum absolute atomic E-state index is 0.0977. The molecule has 0 unspecified atom stereocenters. The number of ether oxygens (including phenoxy) is 2. The van der Waals surface area contributed by atoms with E-state index in [2.05, 4.69) is 4.72 Å². The number of hydrogen-bond acceptors (Lipinski definition) is 4. The van der Waals surface area contributed by atoms with E-state index in [1.807, 2.05) is 32.0 Å². The minimum atomic E-state index is -3.13. The van der Waals surface area contributed by atoms with Crippen molar-refractivity contribution >= 4 is 10.0 Å². The van der Waals surface area contributed by atoms with Crippen LogP contribution < -0.4 is 14.2 Å². The Morgan fingerprint density at radius 2 is 1.70 bits per heavy atom. The van der Waals surface area contributed by atoms with Crippen LogP contribution in [0.4, 0.5) is 0 Å². The summed E-state index contributed by atoms with van der Waals surface area (Å²) >= 11 is 0. The van der Waals surface area contributed by atoms with E-state index in [0.717, 1.165) is 5.56 Å². The summed E-state index contributed by atoms with van der Waals surface area (Å²) in [5, 5.41) is 0. The molecule has 0 bridgehead atoms. The van der Waals surface area contributed by atoms with Gasteiger partial charge >= 0.3 is 0 Å². The van der Waals surface area contributed by atoms with Gasteiger partial charge in [-0.15, -0.1) is 0 Å². The van der Waals surface area contributed by atoms with Crippen molar-refractivity contribution in [1.29, 1.82) is 0 Å². The van der Waals surface area contributed by atoms with Crippen LogP contribution in [0.3, 0.4) is 0 Å². The average molecular weight is 301 g/mol. The van der Waals surface area contributed by atoms with Gasteiger partial charge in [-0.25, -0.2) is 13.1 Å². The van der Waals surface area contributed by atoms with Gasteiger partial charge in [-0.2, -0.15) is 0 Å². The lowest BCUT2D eigenvalue weighted by molar-refractivity contribution is 0.287. The highest BCUT2D eigenvalue weighted by Crippen LogP contribution is 2.28. The van der Waals surface area contributed by atoms with E-state index in [1.54, 1.807) is 6.92 Å². The molecule has 0 aliphatic carbocycles. The van der Waals surface area contributed by atoms with Crippen molar-refractivity contribution in [3.8, 4) is 11.5 Å². The summed E-state index contributed by atoms with van der Waals surface area (Å²) in [5.41, 5.74) is 1.01. The predicted molar refractivity (Wildman–Crippen MR) is 79.9 cm³/mol. The van der Waals surface area contributed by atoms with E-state index >= 15 is 0 Å².